The van der Waals surface area contributed by atoms with Gasteiger partial charge in [-0.2, -0.15) is 5.10 Å². The van der Waals surface area contributed by atoms with E-state index in [1.807, 2.05) is 0 Å². The molecule has 0 aliphatic rings. The van der Waals surface area contributed by atoms with E-state index in [0.29, 0.717) is 22.6 Å². The molecule has 10 heteroatoms. The van der Waals surface area contributed by atoms with Gasteiger partial charge < -0.3 is 9.47 Å². The van der Waals surface area contributed by atoms with Crippen molar-refractivity contribution < 1.29 is 27.5 Å². The molecular formula is C19H21N3O6S. The maximum absolute atomic E-state index is 12.2. The molecule has 0 atom stereocenters. The Labute approximate surface area is 169 Å². The van der Waals surface area contributed by atoms with Crippen molar-refractivity contribution in [2.45, 2.75) is 0 Å². The first-order valence-corrected chi connectivity index (χ1v) is 10.2. The van der Waals surface area contributed by atoms with Crippen molar-refractivity contribution in [1.82, 2.24) is 5.43 Å². The van der Waals surface area contributed by atoms with Crippen LogP contribution < -0.4 is 14.5 Å². The molecule has 9 nitrogen and oxygen atoms in total. The molecule has 2 rings (SSSR count). The van der Waals surface area contributed by atoms with Gasteiger partial charge in [-0.1, -0.05) is 18.2 Å². The van der Waals surface area contributed by atoms with Gasteiger partial charge in [0.15, 0.2) is 0 Å². The van der Waals surface area contributed by atoms with Gasteiger partial charge in [0, 0.05) is 6.07 Å². The number of anilines is 1. The molecule has 0 aromatic heterocycles. The molecule has 1 amide bonds. The fourth-order valence-corrected chi connectivity index (χ4v) is 3.18. The summed E-state index contributed by atoms with van der Waals surface area (Å²) in [6.45, 7) is -0.454. The zero-order chi connectivity index (χ0) is 21.4. The Bertz CT molecular complexity index is 1000. The fourth-order valence-electron chi connectivity index (χ4n) is 2.33. The summed E-state index contributed by atoms with van der Waals surface area (Å²) in [4.78, 5) is 23.6. The minimum absolute atomic E-state index is 0.296. The lowest BCUT2D eigenvalue weighted by atomic mass is 10.1. The lowest BCUT2D eigenvalue weighted by Crippen LogP contribution is -2.39. The summed E-state index contributed by atoms with van der Waals surface area (Å²) < 4.78 is 34.9. The predicted octanol–water partition coefficient (Wildman–Crippen LogP) is 1.40. The summed E-state index contributed by atoms with van der Waals surface area (Å²) in [6.07, 6.45) is 2.38. The van der Waals surface area contributed by atoms with Gasteiger partial charge in [0.25, 0.3) is 5.91 Å². The van der Waals surface area contributed by atoms with Crippen LogP contribution in [0.3, 0.4) is 0 Å². The minimum atomic E-state index is -3.71. The van der Waals surface area contributed by atoms with Crippen LogP contribution in [0.25, 0.3) is 0 Å². The van der Waals surface area contributed by atoms with E-state index >= 15 is 0 Å². The third-order valence-corrected chi connectivity index (χ3v) is 4.90. The second-order valence-corrected chi connectivity index (χ2v) is 7.78. The van der Waals surface area contributed by atoms with Crippen molar-refractivity contribution in [1.29, 1.82) is 0 Å². The molecule has 154 valence electrons. The maximum Gasteiger partial charge on any atom is 0.337 e. The molecule has 0 bridgehead atoms. The molecule has 29 heavy (non-hydrogen) atoms. The number of carbonyl (C=O) groups is 2. The molecule has 0 saturated carbocycles. The van der Waals surface area contributed by atoms with Crippen LogP contribution in [0.15, 0.2) is 53.6 Å². The van der Waals surface area contributed by atoms with Gasteiger partial charge in [0.05, 0.1) is 37.9 Å². The number of benzene rings is 2. The van der Waals surface area contributed by atoms with Crippen molar-refractivity contribution in [3.05, 3.63) is 59.7 Å². The van der Waals surface area contributed by atoms with Gasteiger partial charge in [-0.3, -0.25) is 9.10 Å². The number of methoxy groups -OCH3 is 2. The highest BCUT2D eigenvalue weighted by Crippen LogP contribution is 2.22. The zero-order valence-corrected chi connectivity index (χ0v) is 17.0. The van der Waals surface area contributed by atoms with Crippen LogP contribution in [0, 0.1) is 0 Å². The number of nitrogens with one attached hydrogen (secondary N) is 1. The number of nitrogens with zero attached hydrogens (tertiary/aromatic N) is 2. The van der Waals surface area contributed by atoms with Crippen LogP contribution in [0.4, 0.5) is 5.69 Å². The average Bonchev–Trinajstić information content (AvgIpc) is 2.71. The monoisotopic (exact) mass is 419 g/mol. The Morgan fingerprint density at radius 3 is 2.41 bits per heavy atom. The minimum Gasteiger partial charge on any atom is -0.497 e. The summed E-state index contributed by atoms with van der Waals surface area (Å²) >= 11 is 0. The summed E-state index contributed by atoms with van der Waals surface area (Å²) in [5.74, 6) is -0.620. The van der Waals surface area contributed by atoms with Gasteiger partial charge in [-0.25, -0.2) is 18.6 Å². The van der Waals surface area contributed by atoms with E-state index in [-0.39, 0.29) is 0 Å². The lowest BCUT2D eigenvalue weighted by Gasteiger charge is -2.21. The van der Waals surface area contributed by atoms with Crippen molar-refractivity contribution in [2.24, 2.45) is 5.10 Å². The van der Waals surface area contributed by atoms with E-state index in [2.05, 4.69) is 15.3 Å². The lowest BCUT2D eigenvalue weighted by molar-refractivity contribution is -0.119. The van der Waals surface area contributed by atoms with Crippen LogP contribution in [-0.2, 0) is 19.6 Å². The first-order valence-electron chi connectivity index (χ1n) is 8.36. The Hall–Kier alpha value is -3.40. The van der Waals surface area contributed by atoms with E-state index in [1.54, 1.807) is 42.5 Å². The number of ether oxygens (including phenoxy) is 2. The highest BCUT2D eigenvalue weighted by molar-refractivity contribution is 7.92. The number of rotatable bonds is 8. The summed E-state index contributed by atoms with van der Waals surface area (Å²) in [6, 6.07) is 12.7. The first kappa shape index (κ1) is 21.9. The molecule has 0 aliphatic carbocycles. The largest absolute Gasteiger partial charge is 0.497 e. The van der Waals surface area contributed by atoms with Crippen molar-refractivity contribution >= 4 is 33.8 Å². The number of esters is 1. The molecule has 0 heterocycles. The van der Waals surface area contributed by atoms with Crippen LogP contribution in [0.1, 0.15) is 15.9 Å². The Kier molecular flexibility index (Phi) is 7.32. The molecule has 1 N–H and O–H groups in total. The quantitative estimate of drug-likeness (QED) is 0.393. The second-order valence-electron chi connectivity index (χ2n) is 5.88. The molecule has 0 saturated heterocycles. The van der Waals surface area contributed by atoms with Crippen LogP contribution in [-0.4, -0.2) is 53.5 Å². The predicted molar refractivity (Wildman–Crippen MR) is 109 cm³/mol. The number of sulfonamides is 1. The summed E-state index contributed by atoms with van der Waals surface area (Å²) in [5.41, 5.74) is 3.59. The highest BCUT2D eigenvalue weighted by atomic mass is 32.2. The van der Waals surface area contributed by atoms with Crippen molar-refractivity contribution in [3.8, 4) is 5.75 Å². The van der Waals surface area contributed by atoms with Gasteiger partial charge in [0.2, 0.25) is 10.0 Å². The zero-order valence-electron chi connectivity index (χ0n) is 16.2. The molecule has 0 aliphatic heterocycles. The number of carbonyl (C=O) groups excluding carboxylic acids is 2. The van der Waals surface area contributed by atoms with Crippen molar-refractivity contribution in [3.63, 3.8) is 0 Å². The van der Waals surface area contributed by atoms with Gasteiger partial charge in [-0.05, 0) is 29.8 Å². The van der Waals surface area contributed by atoms with E-state index in [9.17, 15) is 18.0 Å². The van der Waals surface area contributed by atoms with Crippen molar-refractivity contribution in [2.75, 3.05) is 31.3 Å². The van der Waals surface area contributed by atoms with Gasteiger partial charge in [0.1, 0.15) is 12.3 Å². The number of hydrogen-bond acceptors (Lipinski definition) is 7. The highest BCUT2D eigenvalue weighted by Gasteiger charge is 2.21. The smallest absolute Gasteiger partial charge is 0.337 e. The average molecular weight is 419 g/mol. The van der Waals surface area contributed by atoms with Crippen LogP contribution in [0.5, 0.6) is 5.75 Å². The van der Waals surface area contributed by atoms with E-state index in [0.717, 1.165) is 10.6 Å². The Morgan fingerprint density at radius 1 is 1.14 bits per heavy atom. The summed E-state index contributed by atoms with van der Waals surface area (Å²) in [7, 11) is -0.958. The van der Waals surface area contributed by atoms with E-state index < -0.39 is 28.4 Å². The molecule has 2 aromatic rings. The molecule has 0 radical (unpaired) electrons. The van der Waals surface area contributed by atoms with E-state index in [4.69, 9.17) is 4.74 Å². The fraction of sp³-hybridized carbons (Fsp3) is 0.211. The molecular weight excluding hydrogens is 398 g/mol. The topological polar surface area (TPSA) is 114 Å². The molecule has 0 fully saturated rings. The standard InChI is InChI=1S/C19H21N3O6S/c1-27-17-6-4-5-16(11-17)22(29(3,25)26)13-18(23)21-20-12-14-7-9-15(10-8-14)19(24)28-2/h4-12H,13H2,1-3H3,(H,21,23)/b20-12-. The first-order chi connectivity index (χ1) is 13.7. The number of hydrazone groups is 1. The molecule has 0 spiro atoms. The summed E-state index contributed by atoms with van der Waals surface area (Å²) in [5, 5.41) is 3.81. The number of amides is 1. The third-order valence-electron chi connectivity index (χ3n) is 3.76. The van der Waals surface area contributed by atoms with Crippen LogP contribution >= 0.6 is 0 Å². The SMILES string of the molecule is COC(=O)c1ccc(/C=N\NC(=O)CN(c2cccc(OC)c2)S(C)(=O)=O)cc1. The van der Waals surface area contributed by atoms with E-state index in [1.165, 1.54) is 26.5 Å². The number of hydrogen-bond donors (Lipinski definition) is 1. The molecule has 0 unspecified atom stereocenters. The van der Waals surface area contributed by atoms with Crippen LogP contribution in [0.2, 0.25) is 0 Å². The third kappa shape index (κ3) is 6.32. The van der Waals surface area contributed by atoms with Gasteiger partial charge >= 0.3 is 5.97 Å². The second kappa shape index (κ2) is 9.69. The van der Waals surface area contributed by atoms with Gasteiger partial charge in [-0.15, -0.1) is 0 Å². The Balaban J connectivity index is 2.05. The maximum atomic E-state index is 12.2. The normalized spacial score (nSPS) is 11.1. The Morgan fingerprint density at radius 2 is 1.83 bits per heavy atom. The molecule has 2 aromatic carbocycles.